The maximum Gasteiger partial charge on any atom is 0.250 e. The Balaban J connectivity index is 1.80. The summed E-state index contributed by atoms with van der Waals surface area (Å²) in [4.78, 5) is 42.3. The Hall–Kier alpha value is -2.65. The highest BCUT2D eigenvalue weighted by molar-refractivity contribution is 6.04. The number of carbonyl (C=O) groups is 3. The normalized spacial score (nSPS) is 34.8. The molecule has 3 fully saturated rings. The van der Waals surface area contributed by atoms with Gasteiger partial charge in [-0.3, -0.25) is 14.4 Å². The van der Waals surface area contributed by atoms with E-state index in [1.807, 2.05) is 27.7 Å². The second-order valence-electron chi connectivity index (χ2n) is 10.3. The van der Waals surface area contributed by atoms with Crippen molar-refractivity contribution in [2.45, 2.75) is 57.4 Å². The summed E-state index contributed by atoms with van der Waals surface area (Å²) in [5, 5.41) is 15.8. The van der Waals surface area contributed by atoms with E-state index in [1.54, 1.807) is 38.4 Å². The molecule has 3 aliphatic rings. The summed E-state index contributed by atoms with van der Waals surface area (Å²) in [5.74, 6) is -1.99. The van der Waals surface area contributed by atoms with E-state index >= 15 is 0 Å². The minimum Gasteiger partial charge on any atom is -0.497 e. The van der Waals surface area contributed by atoms with Gasteiger partial charge in [-0.2, -0.15) is 0 Å². The third kappa shape index (κ3) is 3.32. The van der Waals surface area contributed by atoms with E-state index in [-0.39, 0.29) is 30.3 Å². The fourth-order valence-electron chi connectivity index (χ4n) is 6.39. The number of anilines is 1. The van der Waals surface area contributed by atoms with Crippen molar-refractivity contribution >= 4 is 23.4 Å². The van der Waals surface area contributed by atoms with E-state index in [4.69, 9.17) is 9.47 Å². The average molecular weight is 474 g/mol. The van der Waals surface area contributed by atoms with Gasteiger partial charge in [0.15, 0.2) is 0 Å². The number of fused-ring (bicyclic) bond motifs is 1. The number of aliphatic hydroxyl groups excluding tert-OH is 1. The Kier molecular flexibility index (Phi) is 6.14. The molecule has 3 aliphatic heterocycles. The number of methoxy groups -OCH3 is 1. The highest BCUT2D eigenvalue weighted by Crippen LogP contribution is 2.65. The van der Waals surface area contributed by atoms with Crippen molar-refractivity contribution in [1.82, 2.24) is 10.2 Å². The molecule has 0 saturated carbocycles. The van der Waals surface area contributed by atoms with Crippen molar-refractivity contribution in [2.24, 2.45) is 23.7 Å². The van der Waals surface area contributed by atoms with Gasteiger partial charge in [-0.05, 0) is 49.4 Å². The van der Waals surface area contributed by atoms with Crippen LogP contribution in [0.25, 0.3) is 0 Å². The predicted molar refractivity (Wildman–Crippen MR) is 125 cm³/mol. The van der Waals surface area contributed by atoms with Crippen LogP contribution in [0.3, 0.4) is 0 Å². The number of amides is 3. The Morgan fingerprint density at radius 1 is 1.26 bits per heavy atom. The van der Waals surface area contributed by atoms with Gasteiger partial charge in [0.1, 0.15) is 17.4 Å². The molecule has 1 aromatic rings. The molecule has 34 heavy (non-hydrogen) atoms. The van der Waals surface area contributed by atoms with Crippen LogP contribution in [0.5, 0.6) is 5.75 Å². The second-order valence-corrected chi connectivity index (χ2v) is 10.3. The molecule has 186 valence electrons. The monoisotopic (exact) mass is 473 g/mol. The van der Waals surface area contributed by atoms with Crippen molar-refractivity contribution in [2.75, 3.05) is 26.1 Å². The Labute approximate surface area is 200 Å². The molecule has 0 aliphatic carbocycles. The fourth-order valence-corrected chi connectivity index (χ4v) is 6.39. The van der Waals surface area contributed by atoms with Crippen molar-refractivity contribution in [3.63, 3.8) is 0 Å². The van der Waals surface area contributed by atoms with Crippen LogP contribution in [0.1, 0.15) is 34.1 Å². The lowest BCUT2D eigenvalue weighted by molar-refractivity contribution is -0.150. The van der Waals surface area contributed by atoms with E-state index in [0.29, 0.717) is 17.9 Å². The molecule has 2 bridgehead atoms. The van der Waals surface area contributed by atoms with E-state index in [2.05, 4.69) is 10.6 Å². The Bertz CT molecular complexity index is 981. The molecule has 3 unspecified atom stereocenters. The van der Waals surface area contributed by atoms with E-state index in [9.17, 15) is 19.5 Å². The predicted octanol–water partition coefficient (Wildman–Crippen LogP) is 1.41. The molecule has 3 N–H and O–H groups in total. The van der Waals surface area contributed by atoms with Crippen LogP contribution >= 0.6 is 0 Å². The van der Waals surface area contributed by atoms with Crippen molar-refractivity contribution in [3.8, 4) is 5.75 Å². The lowest BCUT2D eigenvalue weighted by Crippen LogP contribution is -2.57. The van der Waals surface area contributed by atoms with Crippen LogP contribution in [0.4, 0.5) is 5.69 Å². The fraction of sp³-hybridized carbons (Fsp3) is 0.640. The summed E-state index contributed by atoms with van der Waals surface area (Å²) in [5.41, 5.74) is -1.46. The maximum absolute atomic E-state index is 14.0. The zero-order valence-electron chi connectivity index (χ0n) is 20.6. The summed E-state index contributed by atoms with van der Waals surface area (Å²) < 4.78 is 11.8. The third-order valence-electron chi connectivity index (χ3n) is 8.20. The van der Waals surface area contributed by atoms with Crippen LogP contribution in [-0.4, -0.2) is 71.8 Å². The summed E-state index contributed by atoms with van der Waals surface area (Å²) in [6.45, 7) is 7.37. The Morgan fingerprint density at radius 3 is 2.44 bits per heavy atom. The first-order valence-corrected chi connectivity index (χ1v) is 11.9. The van der Waals surface area contributed by atoms with Gasteiger partial charge in [0, 0.05) is 12.7 Å². The van der Waals surface area contributed by atoms with E-state index in [1.165, 1.54) is 4.90 Å². The molecule has 7 atom stereocenters. The molecule has 0 aromatic heterocycles. The number of nitrogens with zero attached hydrogens (tertiary/aromatic N) is 1. The molecule has 3 heterocycles. The van der Waals surface area contributed by atoms with Crippen LogP contribution in [0.2, 0.25) is 0 Å². The largest absolute Gasteiger partial charge is 0.497 e. The Morgan fingerprint density at radius 2 is 1.91 bits per heavy atom. The average Bonchev–Trinajstić information content (AvgIpc) is 3.31. The summed E-state index contributed by atoms with van der Waals surface area (Å²) in [6, 6.07) is 5.36. The number of benzene rings is 1. The summed E-state index contributed by atoms with van der Waals surface area (Å²) >= 11 is 0. The van der Waals surface area contributed by atoms with Crippen molar-refractivity contribution in [3.05, 3.63) is 24.3 Å². The van der Waals surface area contributed by atoms with Gasteiger partial charge in [-0.25, -0.2) is 0 Å². The number of ether oxygens (including phenoxy) is 2. The van der Waals surface area contributed by atoms with Crippen LogP contribution in [-0.2, 0) is 19.1 Å². The molecule has 4 rings (SSSR count). The molecule has 3 saturated heterocycles. The molecule has 9 heteroatoms. The van der Waals surface area contributed by atoms with Gasteiger partial charge in [0.05, 0.1) is 37.2 Å². The summed E-state index contributed by atoms with van der Waals surface area (Å²) in [7, 11) is 3.11. The zero-order chi connectivity index (χ0) is 25.0. The zero-order valence-corrected chi connectivity index (χ0v) is 20.6. The molecular weight excluding hydrogens is 438 g/mol. The lowest BCUT2D eigenvalue weighted by atomic mass is 9.62. The van der Waals surface area contributed by atoms with Crippen LogP contribution in [0.15, 0.2) is 24.3 Å². The second kappa shape index (κ2) is 8.53. The molecule has 1 aromatic carbocycles. The van der Waals surface area contributed by atoms with E-state index < -0.39 is 41.0 Å². The highest BCUT2D eigenvalue weighted by Gasteiger charge is 2.80. The molecular formula is C25H35N3O6. The van der Waals surface area contributed by atoms with Gasteiger partial charge >= 0.3 is 0 Å². The maximum atomic E-state index is 14.0. The topological polar surface area (TPSA) is 117 Å². The van der Waals surface area contributed by atoms with Crippen LogP contribution in [0, 0.1) is 23.7 Å². The SMILES string of the molecule is CNC(=O)[C@@H]1[C@H]2C(=O)N([C@@H](CO)C(C)C)C(C(=O)Nc3ccc(OC)cc3)C23CC(C)[C@@]1(C)O3. The highest BCUT2D eigenvalue weighted by atomic mass is 16.5. The summed E-state index contributed by atoms with van der Waals surface area (Å²) in [6.07, 6.45) is 0.473. The number of nitrogens with one attached hydrogen (secondary N) is 2. The first-order valence-electron chi connectivity index (χ1n) is 11.9. The molecule has 3 amide bonds. The number of aliphatic hydroxyl groups is 1. The van der Waals surface area contributed by atoms with E-state index in [0.717, 1.165) is 0 Å². The van der Waals surface area contributed by atoms with Gasteiger partial charge in [0.25, 0.3) is 0 Å². The third-order valence-corrected chi connectivity index (χ3v) is 8.20. The first kappa shape index (κ1) is 24.5. The first-order chi connectivity index (χ1) is 16.0. The van der Waals surface area contributed by atoms with Crippen LogP contribution < -0.4 is 15.4 Å². The molecule has 9 nitrogen and oxygen atoms in total. The van der Waals surface area contributed by atoms with Gasteiger partial charge in [-0.15, -0.1) is 0 Å². The van der Waals surface area contributed by atoms with Gasteiger partial charge in [0.2, 0.25) is 17.7 Å². The number of carbonyl (C=O) groups excluding carboxylic acids is 3. The number of rotatable bonds is 7. The lowest BCUT2D eigenvalue weighted by Gasteiger charge is -2.38. The quantitative estimate of drug-likeness (QED) is 0.551. The van der Waals surface area contributed by atoms with Crippen molar-refractivity contribution in [1.29, 1.82) is 0 Å². The number of hydrogen-bond acceptors (Lipinski definition) is 6. The molecule has 0 radical (unpaired) electrons. The standard InChI is InChI=1S/C25H35N3O6/c1-13(2)17(12-29)28-20(22(31)27-15-7-9-16(33-6)10-8-15)25-11-14(3)24(4,34-25)18(21(30)26-5)19(25)23(28)32/h7-10,13-14,17-20,29H,11-12H2,1-6H3,(H,26,30)(H,27,31)/t14?,17-,18-,19-,20?,24+,25?/m0/s1. The smallest absolute Gasteiger partial charge is 0.250 e. The minimum absolute atomic E-state index is 0.0401. The number of hydrogen-bond donors (Lipinski definition) is 3. The number of likely N-dealkylation sites (tertiary alicyclic amines) is 1. The molecule has 1 spiro atoms. The minimum atomic E-state index is -1.15. The van der Waals surface area contributed by atoms with Gasteiger partial charge < -0.3 is 30.1 Å². The van der Waals surface area contributed by atoms with Crippen molar-refractivity contribution < 1.29 is 29.0 Å². The van der Waals surface area contributed by atoms with Gasteiger partial charge in [-0.1, -0.05) is 20.8 Å².